The molecule has 1 aromatic rings. The zero-order chi connectivity index (χ0) is 14.0. The number of nitrogens with one attached hydrogen (secondary N) is 1. The van der Waals surface area contributed by atoms with Gasteiger partial charge in [0.1, 0.15) is 5.56 Å². The molecule has 2 N–H and O–H groups in total. The van der Waals surface area contributed by atoms with Crippen LogP contribution < -0.4 is 5.32 Å². The van der Waals surface area contributed by atoms with Crippen LogP contribution in [0, 0.1) is 19.3 Å². The summed E-state index contributed by atoms with van der Waals surface area (Å²) in [6.07, 6.45) is 4.89. The summed E-state index contributed by atoms with van der Waals surface area (Å²) in [4.78, 5) is 15.6. The molecule has 0 atom stereocenters. The lowest BCUT2D eigenvalue weighted by atomic mass is 10.0. The number of carboxylic acid groups (broad SMARTS) is 1. The Morgan fingerprint density at radius 2 is 2.16 bits per heavy atom. The highest BCUT2D eigenvalue weighted by atomic mass is 16.4. The molecule has 4 nitrogen and oxygen atoms in total. The van der Waals surface area contributed by atoms with Gasteiger partial charge < -0.3 is 10.4 Å². The van der Waals surface area contributed by atoms with E-state index in [2.05, 4.69) is 17.2 Å². The van der Waals surface area contributed by atoms with E-state index in [1.807, 2.05) is 13.0 Å². The fourth-order valence-electron chi connectivity index (χ4n) is 2.74. The van der Waals surface area contributed by atoms with Crippen LogP contribution in [-0.4, -0.2) is 22.6 Å². The molecule has 0 aromatic carbocycles. The van der Waals surface area contributed by atoms with E-state index in [4.69, 9.17) is 0 Å². The average Bonchev–Trinajstić information content (AvgIpc) is 3.06. The third-order valence-electron chi connectivity index (χ3n) is 3.93. The van der Waals surface area contributed by atoms with Gasteiger partial charge in [0.05, 0.1) is 11.4 Å². The molecule has 0 saturated heterocycles. The maximum absolute atomic E-state index is 11.3. The van der Waals surface area contributed by atoms with Gasteiger partial charge in [0.25, 0.3) is 0 Å². The second kappa shape index (κ2) is 5.19. The number of nitrogens with zero attached hydrogens (tertiary/aromatic N) is 1. The average molecular weight is 262 g/mol. The summed E-state index contributed by atoms with van der Waals surface area (Å²) in [5.41, 5.74) is 2.84. The molecule has 2 rings (SSSR count). The standard InChI is InChI=1S/C15H22N2O2/c1-4-5-15(6-7-15)9-16-12-8-10(2)17-11(3)13(12)14(18)19/h8H,4-7,9H2,1-3H3,(H,16,17)(H,18,19). The van der Waals surface area contributed by atoms with Crippen LogP contribution in [0.3, 0.4) is 0 Å². The number of carboxylic acids is 1. The fraction of sp³-hybridized carbons (Fsp3) is 0.600. The Hall–Kier alpha value is -1.58. The van der Waals surface area contributed by atoms with Crippen molar-refractivity contribution in [3.8, 4) is 0 Å². The molecule has 1 heterocycles. The summed E-state index contributed by atoms with van der Waals surface area (Å²) in [5, 5.41) is 12.6. The first-order valence-electron chi connectivity index (χ1n) is 6.93. The molecule has 0 radical (unpaired) electrons. The quantitative estimate of drug-likeness (QED) is 0.825. The van der Waals surface area contributed by atoms with E-state index in [1.165, 1.54) is 25.7 Å². The van der Waals surface area contributed by atoms with E-state index in [0.29, 0.717) is 22.4 Å². The molecule has 1 aliphatic rings. The van der Waals surface area contributed by atoms with Crippen molar-refractivity contribution in [1.82, 2.24) is 4.98 Å². The maximum Gasteiger partial charge on any atom is 0.339 e. The molecule has 0 amide bonds. The van der Waals surface area contributed by atoms with Crippen molar-refractivity contribution in [3.63, 3.8) is 0 Å². The summed E-state index contributed by atoms with van der Waals surface area (Å²) in [7, 11) is 0. The Bertz CT molecular complexity index is 493. The van der Waals surface area contributed by atoms with Crippen molar-refractivity contribution in [2.45, 2.75) is 46.5 Å². The minimum atomic E-state index is -0.909. The number of hydrogen-bond donors (Lipinski definition) is 2. The minimum absolute atomic E-state index is 0.304. The minimum Gasteiger partial charge on any atom is -0.478 e. The third kappa shape index (κ3) is 3.06. The highest BCUT2D eigenvalue weighted by Gasteiger charge is 2.41. The van der Waals surface area contributed by atoms with E-state index < -0.39 is 5.97 Å². The molecule has 0 spiro atoms. The van der Waals surface area contributed by atoms with Gasteiger partial charge in [0, 0.05) is 12.2 Å². The Morgan fingerprint density at radius 3 is 2.68 bits per heavy atom. The monoisotopic (exact) mass is 262 g/mol. The first kappa shape index (κ1) is 13.8. The van der Waals surface area contributed by atoms with E-state index in [0.717, 1.165) is 12.2 Å². The van der Waals surface area contributed by atoms with Crippen LogP contribution in [-0.2, 0) is 0 Å². The summed E-state index contributed by atoms with van der Waals surface area (Å²) < 4.78 is 0. The molecule has 19 heavy (non-hydrogen) atoms. The SMILES string of the molecule is CCCC1(CNc2cc(C)nc(C)c2C(=O)O)CC1. The number of rotatable bonds is 6. The van der Waals surface area contributed by atoms with Crippen molar-refractivity contribution in [1.29, 1.82) is 0 Å². The first-order valence-corrected chi connectivity index (χ1v) is 6.93. The molecule has 1 aliphatic carbocycles. The zero-order valence-electron chi connectivity index (χ0n) is 11.9. The van der Waals surface area contributed by atoms with Crippen LogP contribution in [0.5, 0.6) is 0 Å². The van der Waals surface area contributed by atoms with E-state index >= 15 is 0 Å². The number of anilines is 1. The molecule has 0 unspecified atom stereocenters. The largest absolute Gasteiger partial charge is 0.478 e. The molecular formula is C15H22N2O2. The van der Waals surface area contributed by atoms with E-state index in [-0.39, 0.29) is 0 Å². The highest BCUT2D eigenvalue weighted by Crippen LogP contribution is 2.49. The number of aryl methyl sites for hydroxylation is 2. The summed E-state index contributed by atoms with van der Waals surface area (Å²) in [6, 6.07) is 1.83. The van der Waals surface area contributed by atoms with Gasteiger partial charge >= 0.3 is 5.97 Å². The molecule has 104 valence electrons. The van der Waals surface area contributed by atoms with E-state index in [1.54, 1.807) is 6.92 Å². The van der Waals surface area contributed by atoms with Gasteiger partial charge in [-0.05, 0) is 44.6 Å². The molecule has 1 fully saturated rings. The predicted octanol–water partition coefficient (Wildman–Crippen LogP) is 3.39. The molecule has 0 bridgehead atoms. The molecule has 1 saturated carbocycles. The lowest BCUT2D eigenvalue weighted by molar-refractivity contribution is 0.0696. The highest BCUT2D eigenvalue weighted by molar-refractivity contribution is 5.95. The van der Waals surface area contributed by atoms with Crippen LogP contribution in [0.4, 0.5) is 5.69 Å². The Balaban J connectivity index is 2.17. The second-order valence-corrected chi connectivity index (χ2v) is 5.68. The number of pyridine rings is 1. The lowest BCUT2D eigenvalue weighted by Crippen LogP contribution is -2.18. The van der Waals surface area contributed by atoms with Crippen molar-refractivity contribution < 1.29 is 9.90 Å². The van der Waals surface area contributed by atoms with Gasteiger partial charge in [-0.1, -0.05) is 13.3 Å². The van der Waals surface area contributed by atoms with Crippen molar-refractivity contribution >= 4 is 11.7 Å². The molecular weight excluding hydrogens is 240 g/mol. The van der Waals surface area contributed by atoms with Crippen LogP contribution in [0.15, 0.2) is 6.07 Å². The summed E-state index contributed by atoms with van der Waals surface area (Å²) in [5.74, 6) is -0.909. The fourth-order valence-corrected chi connectivity index (χ4v) is 2.74. The topological polar surface area (TPSA) is 62.2 Å². The Kier molecular flexibility index (Phi) is 3.78. The first-order chi connectivity index (χ1) is 8.97. The zero-order valence-corrected chi connectivity index (χ0v) is 11.9. The van der Waals surface area contributed by atoms with Crippen LogP contribution in [0.2, 0.25) is 0 Å². The van der Waals surface area contributed by atoms with Crippen molar-refractivity contribution in [2.75, 3.05) is 11.9 Å². The van der Waals surface area contributed by atoms with Gasteiger partial charge in [-0.15, -0.1) is 0 Å². The third-order valence-corrected chi connectivity index (χ3v) is 3.93. The Morgan fingerprint density at radius 1 is 1.47 bits per heavy atom. The number of hydrogen-bond acceptors (Lipinski definition) is 3. The van der Waals surface area contributed by atoms with Gasteiger partial charge in [0.15, 0.2) is 0 Å². The number of carbonyl (C=O) groups is 1. The van der Waals surface area contributed by atoms with Gasteiger partial charge in [-0.25, -0.2) is 4.79 Å². The normalized spacial score (nSPS) is 16.2. The summed E-state index contributed by atoms with van der Waals surface area (Å²) in [6.45, 7) is 6.71. The number of aromatic carboxylic acids is 1. The van der Waals surface area contributed by atoms with Crippen LogP contribution in [0.1, 0.15) is 54.4 Å². The molecule has 0 aliphatic heterocycles. The van der Waals surface area contributed by atoms with Crippen LogP contribution in [0.25, 0.3) is 0 Å². The van der Waals surface area contributed by atoms with E-state index in [9.17, 15) is 9.90 Å². The smallest absolute Gasteiger partial charge is 0.339 e. The second-order valence-electron chi connectivity index (χ2n) is 5.68. The molecule has 1 aromatic heterocycles. The van der Waals surface area contributed by atoms with Gasteiger partial charge in [-0.3, -0.25) is 4.98 Å². The lowest BCUT2D eigenvalue weighted by Gasteiger charge is -2.18. The van der Waals surface area contributed by atoms with Crippen LogP contribution >= 0.6 is 0 Å². The Labute approximate surface area is 114 Å². The maximum atomic E-state index is 11.3. The van der Waals surface area contributed by atoms with Gasteiger partial charge in [-0.2, -0.15) is 0 Å². The molecule has 4 heteroatoms. The van der Waals surface area contributed by atoms with Crippen molar-refractivity contribution in [3.05, 3.63) is 23.0 Å². The van der Waals surface area contributed by atoms with Crippen molar-refractivity contribution in [2.24, 2.45) is 5.41 Å². The van der Waals surface area contributed by atoms with Gasteiger partial charge in [0.2, 0.25) is 0 Å². The predicted molar refractivity (Wildman–Crippen MR) is 75.7 cm³/mol. The summed E-state index contributed by atoms with van der Waals surface area (Å²) >= 11 is 0. The number of aromatic nitrogens is 1.